The smallest absolute Gasteiger partial charge is 0.104 e. The van der Waals surface area contributed by atoms with Gasteiger partial charge in [0, 0.05) is 24.7 Å². The third-order valence-corrected chi connectivity index (χ3v) is 2.47. The van der Waals surface area contributed by atoms with Gasteiger partial charge in [0.15, 0.2) is 0 Å². The minimum absolute atomic E-state index is 0.282. The molecule has 0 saturated carbocycles. The van der Waals surface area contributed by atoms with Crippen molar-refractivity contribution in [2.24, 2.45) is 5.73 Å². The molecule has 1 unspecified atom stereocenters. The topological polar surface area (TPSA) is 52.0 Å². The summed E-state index contributed by atoms with van der Waals surface area (Å²) in [4.78, 5) is 4.10. The maximum absolute atomic E-state index is 5.75. The standard InChI is InChI=1S/C12H14N2O/c13-8-11(7-12-4-2-6-15-12)10-3-1-5-14-9-10/h1-6,9,11H,7-8,13H2. The van der Waals surface area contributed by atoms with Crippen molar-refractivity contribution in [1.82, 2.24) is 4.98 Å². The molecular weight excluding hydrogens is 188 g/mol. The van der Waals surface area contributed by atoms with Crippen molar-refractivity contribution in [3.05, 3.63) is 54.2 Å². The van der Waals surface area contributed by atoms with Crippen LogP contribution >= 0.6 is 0 Å². The maximum atomic E-state index is 5.75. The van der Waals surface area contributed by atoms with Crippen molar-refractivity contribution >= 4 is 0 Å². The first-order chi connectivity index (χ1) is 7.40. The fourth-order valence-corrected chi connectivity index (χ4v) is 1.63. The lowest BCUT2D eigenvalue weighted by Gasteiger charge is -2.12. The Hall–Kier alpha value is -1.61. The van der Waals surface area contributed by atoms with E-state index >= 15 is 0 Å². The molecule has 2 N–H and O–H groups in total. The van der Waals surface area contributed by atoms with Gasteiger partial charge < -0.3 is 10.2 Å². The average Bonchev–Trinajstić information content (AvgIpc) is 2.80. The lowest BCUT2D eigenvalue weighted by atomic mass is 9.96. The molecule has 3 nitrogen and oxygen atoms in total. The van der Waals surface area contributed by atoms with Gasteiger partial charge in [0.25, 0.3) is 0 Å². The highest BCUT2D eigenvalue weighted by atomic mass is 16.3. The molecule has 1 atom stereocenters. The SMILES string of the molecule is NCC(Cc1ccco1)c1cccnc1. The Balaban J connectivity index is 2.12. The Morgan fingerprint density at radius 3 is 2.87 bits per heavy atom. The van der Waals surface area contributed by atoms with E-state index in [0.717, 1.165) is 17.7 Å². The highest BCUT2D eigenvalue weighted by molar-refractivity contribution is 5.17. The minimum Gasteiger partial charge on any atom is -0.469 e. The first kappa shape index (κ1) is 9.93. The Morgan fingerprint density at radius 1 is 1.33 bits per heavy atom. The van der Waals surface area contributed by atoms with Gasteiger partial charge >= 0.3 is 0 Å². The molecule has 0 aromatic carbocycles. The summed E-state index contributed by atoms with van der Waals surface area (Å²) in [7, 11) is 0. The minimum atomic E-state index is 0.282. The molecule has 2 rings (SSSR count). The Bertz CT molecular complexity index is 383. The van der Waals surface area contributed by atoms with Crippen LogP contribution < -0.4 is 5.73 Å². The van der Waals surface area contributed by atoms with Crippen LogP contribution in [0.4, 0.5) is 0 Å². The summed E-state index contributed by atoms with van der Waals surface area (Å²) >= 11 is 0. The van der Waals surface area contributed by atoms with Crippen LogP contribution in [0.3, 0.4) is 0 Å². The van der Waals surface area contributed by atoms with E-state index in [1.54, 1.807) is 12.5 Å². The zero-order chi connectivity index (χ0) is 10.5. The van der Waals surface area contributed by atoms with Crippen LogP contribution in [0.15, 0.2) is 47.3 Å². The molecule has 0 radical (unpaired) electrons. The van der Waals surface area contributed by atoms with E-state index < -0.39 is 0 Å². The summed E-state index contributed by atoms with van der Waals surface area (Å²) in [5, 5.41) is 0. The Morgan fingerprint density at radius 2 is 2.27 bits per heavy atom. The maximum Gasteiger partial charge on any atom is 0.104 e. The lowest BCUT2D eigenvalue weighted by molar-refractivity contribution is 0.486. The third kappa shape index (κ3) is 2.44. The van der Waals surface area contributed by atoms with Crippen molar-refractivity contribution in [3.8, 4) is 0 Å². The van der Waals surface area contributed by atoms with Gasteiger partial charge in [0.05, 0.1) is 6.26 Å². The molecule has 0 amide bonds. The molecule has 15 heavy (non-hydrogen) atoms. The molecule has 2 heterocycles. The summed E-state index contributed by atoms with van der Waals surface area (Å²) < 4.78 is 5.31. The van der Waals surface area contributed by atoms with Crippen molar-refractivity contribution < 1.29 is 4.42 Å². The van der Waals surface area contributed by atoms with Crippen LogP contribution in [0, 0.1) is 0 Å². The van der Waals surface area contributed by atoms with Crippen molar-refractivity contribution in [1.29, 1.82) is 0 Å². The molecule has 0 spiro atoms. The molecular formula is C12H14N2O. The zero-order valence-corrected chi connectivity index (χ0v) is 8.47. The summed E-state index contributed by atoms with van der Waals surface area (Å²) in [6.07, 6.45) is 6.14. The molecule has 0 aliphatic carbocycles. The van der Waals surface area contributed by atoms with E-state index in [9.17, 15) is 0 Å². The predicted molar refractivity (Wildman–Crippen MR) is 58.4 cm³/mol. The van der Waals surface area contributed by atoms with E-state index in [-0.39, 0.29) is 5.92 Å². The van der Waals surface area contributed by atoms with Crippen molar-refractivity contribution in [3.63, 3.8) is 0 Å². The van der Waals surface area contributed by atoms with Gasteiger partial charge in [0.1, 0.15) is 5.76 Å². The Kier molecular flexibility index (Phi) is 3.15. The lowest BCUT2D eigenvalue weighted by Crippen LogP contribution is -2.14. The fraction of sp³-hybridized carbons (Fsp3) is 0.250. The molecule has 0 saturated heterocycles. The first-order valence-corrected chi connectivity index (χ1v) is 5.02. The number of nitrogens with zero attached hydrogens (tertiary/aromatic N) is 1. The quantitative estimate of drug-likeness (QED) is 0.824. The summed E-state index contributed by atoms with van der Waals surface area (Å²) in [5.74, 6) is 1.25. The molecule has 0 bridgehead atoms. The van der Waals surface area contributed by atoms with Crippen LogP contribution in [-0.4, -0.2) is 11.5 Å². The number of hydrogen-bond donors (Lipinski definition) is 1. The molecule has 2 aromatic rings. The number of pyridine rings is 1. The van der Waals surface area contributed by atoms with E-state index in [1.807, 2.05) is 30.5 Å². The van der Waals surface area contributed by atoms with E-state index in [1.165, 1.54) is 0 Å². The zero-order valence-electron chi connectivity index (χ0n) is 8.47. The van der Waals surface area contributed by atoms with Gasteiger partial charge in [-0.1, -0.05) is 6.07 Å². The monoisotopic (exact) mass is 202 g/mol. The van der Waals surface area contributed by atoms with Crippen LogP contribution in [0.5, 0.6) is 0 Å². The van der Waals surface area contributed by atoms with Crippen LogP contribution in [0.1, 0.15) is 17.2 Å². The highest BCUT2D eigenvalue weighted by Crippen LogP contribution is 2.19. The summed E-state index contributed by atoms with van der Waals surface area (Å²) in [6, 6.07) is 7.85. The van der Waals surface area contributed by atoms with Gasteiger partial charge in [-0.3, -0.25) is 4.98 Å². The van der Waals surface area contributed by atoms with E-state index in [4.69, 9.17) is 10.2 Å². The Labute approximate surface area is 88.9 Å². The van der Waals surface area contributed by atoms with Crippen LogP contribution in [-0.2, 0) is 6.42 Å². The molecule has 78 valence electrons. The van der Waals surface area contributed by atoms with Crippen molar-refractivity contribution in [2.45, 2.75) is 12.3 Å². The van der Waals surface area contributed by atoms with Crippen molar-refractivity contribution in [2.75, 3.05) is 6.54 Å². The number of furan rings is 1. The summed E-state index contributed by atoms with van der Waals surface area (Å²) in [5.41, 5.74) is 6.92. The second-order valence-electron chi connectivity index (χ2n) is 3.50. The second-order valence-corrected chi connectivity index (χ2v) is 3.50. The fourth-order valence-electron chi connectivity index (χ4n) is 1.63. The molecule has 2 aromatic heterocycles. The molecule has 3 heteroatoms. The number of rotatable bonds is 4. The van der Waals surface area contributed by atoms with Gasteiger partial charge in [-0.25, -0.2) is 0 Å². The summed E-state index contributed by atoms with van der Waals surface area (Å²) in [6.45, 7) is 0.604. The van der Waals surface area contributed by atoms with Gasteiger partial charge in [0.2, 0.25) is 0 Å². The average molecular weight is 202 g/mol. The molecule has 0 aliphatic heterocycles. The van der Waals surface area contributed by atoms with Gasteiger partial charge in [-0.05, 0) is 30.3 Å². The van der Waals surface area contributed by atoms with E-state index in [0.29, 0.717) is 6.54 Å². The number of hydrogen-bond acceptors (Lipinski definition) is 3. The molecule has 0 aliphatic rings. The predicted octanol–water partition coefficient (Wildman–Crippen LogP) is 1.96. The van der Waals surface area contributed by atoms with Gasteiger partial charge in [-0.15, -0.1) is 0 Å². The van der Waals surface area contributed by atoms with Gasteiger partial charge in [-0.2, -0.15) is 0 Å². The second kappa shape index (κ2) is 4.75. The highest BCUT2D eigenvalue weighted by Gasteiger charge is 2.11. The van der Waals surface area contributed by atoms with E-state index in [2.05, 4.69) is 4.98 Å². The first-order valence-electron chi connectivity index (χ1n) is 5.02. The third-order valence-electron chi connectivity index (χ3n) is 2.47. The number of nitrogens with two attached hydrogens (primary N) is 1. The normalized spacial score (nSPS) is 12.6. The molecule has 0 fully saturated rings. The number of aromatic nitrogens is 1. The van der Waals surface area contributed by atoms with Crippen LogP contribution in [0.25, 0.3) is 0 Å². The van der Waals surface area contributed by atoms with Crippen LogP contribution in [0.2, 0.25) is 0 Å². The largest absolute Gasteiger partial charge is 0.469 e.